The normalized spacial score (nSPS) is 12.3. The smallest absolute Gasteiger partial charge is 0.143 e. The molecule has 1 aromatic carbocycles. The summed E-state index contributed by atoms with van der Waals surface area (Å²) in [6, 6.07) is 12.1. The lowest BCUT2D eigenvalue weighted by Gasteiger charge is -2.19. The zero-order valence-electron chi connectivity index (χ0n) is 12.3. The molecule has 108 valence electrons. The Morgan fingerprint density at radius 2 is 2.10 bits per heavy atom. The van der Waals surface area contributed by atoms with Crippen LogP contribution in [0.1, 0.15) is 30.1 Å². The maximum Gasteiger partial charge on any atom is 0.143 e. The lowest BCUT2D eigenvalue weighted by atomic mass is 10.1. The van der Waals surface area contributed by atoms with E-state index < -0.39 is 0 Å². The first-order chi connectivity index (χ1) is 10.3. The number of nitrogens with zero attached hydrogens (tertiary/aromatic N) is 2. The van der Waals surface area contributed by atoms with Gasteiger partial charge in [-0.3, -0.25) is 0 Å². The molecule has 4 nitrogen and oxygen atoms in total. The second-order valence-electron chi connectivity index (χ2n) is 5.00. The van der Waals surface area contributed by atoms with Crippen molar-refractivity contribution in [1.82, 2.24) is 9.55 Å². The Bertz CT molecular complexity index is 700. The fourth-order valence-corrected chi connectivity index (χ4v) is 2.50. The van der Waals surface area contributed by atoms with E-state index in [0.717, 1.165) is 23.7 Å². The molecule has 0 aliphatic carbocycles. The van der Waals surface area contributed by atoms with E-state index in [2.05, 4.69) is 35.4 Å². The van der Waals surface area contributed by atoms with Gasteiger partial charge in [0.05, 0.1) is 6.26 Å². The molecule has 3 rings (SSSR count). The third kappa shape index (κ3) is 2.70. The molecule has 1 atom stereocenters. The Hall–Kier alpha value is -2.49. The minimum absolute atomic E-state index is 0.104. The molecule has 0 bridgehead atoms. The van der Waals surface area contributed by atoms with Gasteiger partial charge in [0.25, 0.3) is 0 Å². The molecule has 0 saturated carbocycles. The molecule has 0 spiro atoms. The Kier molecular flexibility index (Phi) is 3.77. The van der Waals surface area contributed by atoms with Crippen molar-refractivity contribution in [3.05, 3.63) is 72.2 Å². The topological polar surface area (TPSA) is 43.0 Å². The highest BCUT2D eigenvalue weighted by Gasteiger charge is 2.21. The second-order valence-corrected chi connectivity index (χ2v) is 5.00. The maximum atomic E-state index is 5.60. The van der Waals surface area contributed by atoms with E-state index in [4.69, 9.17) is 4.42 Å². The molecule has 4 heteroatoms. The van der Waals surface area contributed by atoms with Crippen LogP contribution >= 0.6 is 0 Å². The molecule has 1 unspecified atom stereocenters. The minimum Gasteiger partial charge on any atom is -0.467 e. The highest BCUT2D eigenvalue weighted by Crippen LogP contribution is 2.27. The molecule has 2 aromatic heterocycles. The van der Waals surface area contributed by atoms with Gasteiger partial charge in [-0.05, 0) is 30.2 Å². The zero-order valence-corrected chi connectivity index (χ0v) is 12.3. The molecule has 0 aliphatic heterocycles. The van der Waals surface area contributed by atoms with E-state index in [0.29, 0.717) is 0 Å². The maximum absolute atomic E-state index is 5.60. The van der Waals surface area contributed by atoms with Gasteiger partial charge in [0.2, 0.25) is 0 Å². The van der Waals surface area contributed by atoms with Crippen molar-refractivity contribution in [1.29, 1.82) is 0 Å². The first-order valence-corrected chi connectivity index (χ1v) is 7.14. The van der Waals surface area contributed by atoms with E-state index >= 15 is 0 Å². The average Bonchev–Trinajstić information content (AvgIpc) is 3.17. The van der Waals surface area contributed by atoms with E-state index in [-0.39, 0.29) is 6.04 Å². The molecule has 0 saturated heterocycles. The largest absolute Gasteiger partial charge is 0.467 e. The molecular weight excluding hydrogens is 262 g/mol. The number of hydrogen-bond donors (Lipinski definition) is 1. The van der Waals surface area contributed by atoms with Crippen LogP contribution in [0.3, 0.4) is 0 Å². The number of imidazole rings is 1. The highest BCUT2D eigenvalue weighted by atomic mass is 16.3. The predicted octanol–water partition coefficient (Wildman–Crippen LogP) is 3.78. The van der Waals surface area contributed by atoms with Crippen molar-refractivity contribution < 1.29 is 4.42 Å². The Morgan fingerprint density at radius 3 is 2.76 bits per heavy atom. The van der Waals surface area contributed by atoms with Crippen LogP contribution in [-0.4, -0.2) is 9.55 Å². The van der Waals surface area contributed by atoms with Crippen molar-refractivity contribution in [2.24, 2.45) is 7.05 Å². The monoisotopic (exact) mass is 281 g/mol. The number of para-hydroxylation sites is 1. The fourth-order valence-electron chi connectivity index (χ4n) is 2.50. The molecule has 0 amide bonds. The number of furan rings is 1. The molecule has 21 heavy (non-hydrogen) atoms. The summed E-state index contributed by atoms with van der Waals surface area (Å²) in [5.74, 6) is 1.78. The van der Waals surface area contributed by atoms with Crippen LogP contribution in [-0.2, 0) is 13.5 Å². The number of nitrogens with one attached hydrogen (secondary N) is 1. The molecule has 0 aliphatic rings. The van der Waals surface area contributed by atoms with Crippen LogP contribution in [0.25, 0.3) is 0 Å². The summed E-state index contributed by atoms with van der Waals surface area (Å²) in [6.45, 7) is 2.16. The van der Waals surface area contributed by atoms with Gasteiger partial charge in [-0.1, -0.05) is 25.1 Å². The molecule has 2 heterocycles. The SMILES string of the molecule is CCc1ccccc1NC(c1ccco1)c1nccn1C. The zero-order chi connectivity index (χ0) is 14.7. The lowest BCUT2D eigenvalue weighted by molar-refractivity contribution is 0.488. The minimum atomic E-state index is -0.104. The third-order valence-electron chi connectivity index (χ3n) is 3.64. The lowest BCUT2D eigenvalue weighted by Crippen LogP contribution is -2.17. The number of benzene rings is 1. The van der Waals surface area contributed by atoms with Crippen molar-refractivity contribution in [2.75, 3.05) is 5.32 Å². The van der Waals surface area contributed by atoms with Crippen LogP contribution in [0.5, 0.6) is 0 Å². The van der Waals surface area contributed by atoms with E-state index in [1.54, 1.807) is 12.5 Å². The van der Waals surface area contributed by atoms with Gasteiger partial charge >= 0.3 is 0 Å². The first-order valence-electron chi connectivity index (χ1n) is 7.14. The van der Waals surface area contributed by atoms with E-state index in [1.165, 1.54) is 5.56 Å². The van der Waals surface area contributed by atoms with Crippen LogP contribution < -0.4 is 5.32 Å². The molecular formula is C17H19N3O. The third-order valence-corrected chi connectivity index (χ3v) is 3.64. The van der Waals surface area contributed by atoms with E-state index in [1.807, 2.05) is 36.0 Å². The van der Waals surface area contributed by atoms with Gasteiger partial charge < -0.3 is 14.3 Å². The standard InChI is InChI=1S/C17H19N3O/c1-3-13-7-4-5-8-14(13)19-16(15-9-6-12-21-15)17-18-10-11-20(17)2/h4-12,16,19H,3H2,1-2H3. The van der Waals surface area contributed by atoms with Gasteiger partial charge in [-0.2, -0.15) is 0 Å². The number of rotatable bonds is 5. The van der Waals surface area contributed by atoms with Crippen molar-refractivity contribution >= 4 is 5.69 Å². The number of anilines is 1. The summed E-state index contributed by atoms with van der Waals surface area (Å²) in [7, 11) is 1.99. The Morgan fingerprint density at radius 1 is 1.24 bits per heavy atom. The van der Waals surface area contributed by atoms with Gasteiger partial charge in [-0.15, -0.1) is 0 Å². The molecule has 0 fully saturated rings. The number of aryl methyl sites for hydroxylation is 2. The molecule has 1 N–H and O–H groups in total. The van der Waals surface area contributed by atoms with Crippen LogP contribution in [0.4, 0.5) is 5.69 Å². The summed E-state index contributed by atoms with van der Waals surface area (Å²) < 4.78 is 7.61. The fraction of sp³-hybridized carbons (Fsp3) is 0.235. The summed E-state index contributed by atoms with van der Waals surface area (Å²) in [4.78, 5) is 4.46. The van der Waals surface area contributed by atoms with Crippen molar-refractivity contribution in [2.45, 2.75) is 19.4 Å². The van der Waals surface area contributed by atoms with E-state index in [9.17, 15) is 0 Å². The Balaban J connectivity index is 1.99. The van der Waals surface area contributed by atoms with Crippen LogP contribution in [0, 0.1) is 0 Å². The quantitative estimate of drug-likeness (QED) is 0.774. The van der Waals surface area contributed by atoms with Crippen molar-refractivity contribution in [3.8, 4) is 0 Å². The van der Waals surface area contributed by atoms with Gasteiger partial charge in [0.15, 0.2) is 0 Å². The number of hydrogen-bond acceptors (Lipinski definition) is 3. The summed E-state index contributed by atoms with van der Waals surface area (Å²) in [5, 5.41) is 3.57. The first kappa shape index (κ1) is 13.5. The summed E-state index contributed by atoms with van der Waals surface area (Å²) in [5.41, 5.74) is 2.40. The molecule has 0 radical (unpaired) electrons. The summed E-state index contributed by atoms with van der Waals surface area (Å²) in [6.07, 6.45) is 6.42. The van der Waals surface area contributed by atoms with Crippen LogP contribution in [0.15, 0.2) is 59.5 Å². The number of aromatic nitrogens is 2. The van der Waals surface area contributed by atoms with Gasteiger partial charge in [0, 0.05) is 25.1 Å². The second kappa shape index (κ2) is 5.87. The van der Waals surface area contributed by atoms with Gasteiger partial charge in [-0.25, -0.2) is 4.98 Å². The molecule has 3 aromatic rings. The Labute approximate surface area is 124 Å². The van der Waals surface area contributed by atoms with Crippen molar-refractivity contribution in [3.63, 3.8) is 0 Å². The highest BCUT2D eigenvalue weighted by molar-refractivity contribution is 5.53. The van der Waals surface area contributed by atoms with Gasteiger partial charge in [0.1, 0.15) is 17.6 Å². The summed E-state index contributed by atoms with van der Waals surface area (Å²) >= 11 is 0. The van der Waals surface area contributed by atoms with Crippen LogP contribution in [0.2, 0.25) is 0 Å². The average molecular weight is 281 g/mol. The predicted molar refractivity (Wildman–Crippen MR) is 83.2 cm³/mol.